The van der Waals surface area contributed by atoms with Gasteiger partial charge in [-0.25, -0.2) is 4.68 Å². The molecule has 2 heterocycles. The fourth-order valence-corrected chi connectivity index (χ4v) is 3.34. The SMILES string of the molecule is O=C(CCc1ccccc1)Nc1ccnn1C1CCN(CCO)CC1. The molecule has 2 aromatic rings. The van der Waals surface area contributed by atoms with Crippen LogP contribution in [0, 0.1) is 0 Å². The van der Waals surface area contributed by atoms with Gasteiger partial charge in [0.2, 0.25) is 5.91 Å². The molecule has 1 amide bonds. The van der Waals surface area contributed by atoms with Gasteiger partial charge in [0.15, 0.2) is 0 Å². The number of anilines is 1. The van der Waals surface area contributed by atoms with Crippen molar-refractivity contribution < 1.29 is 9.90 Å². The highest BCUT2D eigenvalue weighted by atomic mass is 16.3. The molecule has 0 bridgehead atoms. The molecule has 0 radical (unpaired) electrons. The molecule has 0 saturated carbocycles. The van der Waals surface area contributed by atoms with Crippen molar-refractivity contribution >= 4 is 11.7 Å². The Kier molecular flexibility index (Phi) is 6.19. The van der Waals surface area contributed by atoms with Crippen LogP contribution < -0.4 is 5.32 Å². The van der Waals surface area contributed by atoms with Gasteiger partial charge in [-0.1, -0.05) is 30.3 Å². The normalized spacial score (nSPS) is 16.0. The molecule has 0 atom stereocenters. The Morgan fingerprint density at radius 3 is 2.68 bits per heavy atom. The summed E-state index contributed by atoms with van der Waals surface area (Å²) in [6.07, 6.45) is 4.90. The van der Waals surface area contributed by atoms with E-state index in [4.69, 9.17) is 5.11 Å². The number of aromatic nitrogens is 2. The lowest BCUT2D eigenvalue weighted by molar-refractivity contribution is -0.116. The molecule has 3 rings (SSSR count). The number of carbonyl (C=O) groups excluding carboxylic acids is 1. The van der Waals surface area contributed by atoms with E-state index in [2.05, 4.69) is 15.3 Å². The first-order chi connectivity index (χ1) is 12.3. The fraction of sp³-hybridized carbons (Fsp3) is 0.474. The number of piperidine rings is 1. The van der Waals surface area contributed by atoms with Gasteiger partial charge in [0, 0.05) is 32.1 Å². The van der Waals surface area contributed by atoms with Crippen molar-refractivity contribution in [2.24, 2.45) is 0 Å². The number of aliphatic hydroxyl groups excluding tert-OH is 1. The number of benzene rings is 1. The van der Waals surface area contributed by atoms with Gasteiger partial charge < -0.3 is 15.3 Å². The molecule has 2 N–H and O–H groups in total. The number of β-amino-alcohol motifs (C(OH)–C–C–N with tert-alkyl or cyclic N) is 1. The molecule has 1 aliphatic rings. The molecule has 1 saturated heterocycles. The van der Waals surface area contributed by atoms with Crippen molar-refractivity contribution in [2.45, 2.75) is 31.7 Å². The third-order valence-electron chi connectivity index (χ3n) is 4.74. The maximum absolute atomic E-state index is 12.3. The first kappa shape index (κ1) is 17.6. The zero-order valence-corrected chi connectivity index (χ0v) is 14.5. The van der Waals surface area contributed by atoms with E-state index >= 15 is 0 Å². The standard InChI is InChI=1S/C19H26N4O2/c24-15-14-22-12-9-17(10-13-22)23-18(8-11-20-23)21-19(25)7-6-16-4-2-1-3-5-16/h1-5,8,11,17,24H,6-7,9-10,12-15H2,(H,21,25). The van der Waals surface area contributed by atoms with Crippen LogP contribution in [0.1, 0.15) is 30.9 Å². The van der Waals surface area contributed by atoms with Gasteiger partial charge in [0.1, 0.15) is 5.82 Å². The number of likely N-dealkylation sites (tertiary alicyclic amines) is 1. The van der Waals surface area contributed by atoms with E-state index in [1.54, 1.807) is 6.20 Å². The molecule has 0 spiro atoms. The number of hydrogen-bond acceptors (Lipinski definition) is 4. The average molecular weight is 342 g/mol. The van der Waals surface area contributed by atoms with Gasteiger partial charge in [0.25, 0.3) is 0 Å². The zero-order chi connectivity index (χ0) is 17.5. The van der Waals surface area contributed by atoms with Crippen molar-refractivity contribution in [3.8, 4) is 0 Å². The van der Waals surface area contributed by atoms with Crippen LogP contribution >= 0.6 is 0 Å². The zero-order valence-electron chi connectivity index (χ0n) is 14.5. The molecule has 6 nitrogen and oxygen atoms in total. The highest BCUT2D eigenvalue weighted by Gasteiger charge is 2.22. The summed E-state index contributed by atoms with van der Waals surface area (Å²) in [6, 6.07) is 12.2. The molecule has 1 aromatic carbocycles. The quantitative estimate of drug-likeness (QED) is 0.808. The van der Waals surface area contributed by atoms with Crippen LogP contribution in [-0.2, 0) is 11.2 Å². The molecule has 1 aromatic heterocycles. The molecule has 0 unspecified atom stereocenters. The van der Waals surface area contributed by atoms with Crippen molar-refractivity contribution in [1.29, 1.82) is 0 Å². The van der Waals surface area contributed by atoms with E-state index in [0.29, 0.717) is 12.5 Å². The lowest BCUT2D eigenvalue weighted by Crippen LogP contribution is -2.37. The highest BCUT2D eigenvalue weighted by Crippen LogP contribution is 2.25. The largest absolute Gasteiger partial charge is 0.395 e. The topological polar surface area (TPSA) is 70.4 Å². The third-order valence-corrected chi connectivity index (χ3v) is 4.74. The summed E-state index contributed by atoms with van der Waals surface area (Å²) in [5, 5.41) is 16.5. The number of aryl methyl sites for hydroxylation is 1. The van der Waals surface area contributed by atoms with E-state index in [-0.39, 0.29) is 12.5 Å². The second-order valence-corrected chi connectivity index (χ2v) is 6.49. The number of nitrogens with one attached hydrogen (secondary N) is 1. The van der Waals surface area contributed by atoms with Gasteiger partial charge in [-0.2, -0.15) is 5.10 Å². The third kappa shape index (κ3) is 4.90. The molecule has 6 heteroatoms. The Balaban J connectivity index is 1.52. The Morgan fingerprint density at radius 2 is 1.96 bits per heavy atom. The molecule has 134 valence electrons. The number of carbonyl (C=O) groups is 1. The lowest BCUT2D eigenvalue weighted by atomic mass is 10.1. The van der Waals surface area contributed by atoms with Crippen molar-refractivity contribution in [1.82, 2.24) is 14.7 Å². The summed E-state index contributed by atoms with van der Waals surface area (Å²) in [6.45, 7) is 2.84. The van der Waals surface area contributed by atoms with Crippen LogP contribution in [0.25, 0.3) is 0 Å². The maximum atomic E-state index is 12.3. The summed E-state index contributed by atoms with van der Waals surface area (Å²) >= 11 is 0. The van der Waals surface area contributed by atoms with E-state index in [0.717, 1.165) is 44.7 Å². The monoisotopic (exact) mass is 342 g/mol. The van der Waals surface area contributed by atoms with Crippen LogP contribution in [0.15, 0.2) is 42.6 Å². The van der Waals surface area contributed by atoms with E-state index < -0.39 is 0 Å². The minimum atomic E-state index is 0.0170. The number of rotatable bonds is 7. The first-order valence-electron chi connectivity index (χ1n) is 8.97. The smallest absolute Gasteiger partial charge is 0.225 e. The number of aliphatic hydroxyl groups is 1. The molecule has 1 aliphatic heterocycles. The molecular weight excluding hydrogens is 316 g/mol. The predicted octanol–water partition coefficient (Wildman–Crippen LogP) is 2.08. The lowest BCUT2D eigenvalue weighted by Gasteiger charge is -2.32. The molecule has 0 aliphatic carbocycles. The van der Waals surface area contributed by atoms with Crippen LogP contribution in [-0.4, -0.2) is 51.9 Å². The fourth-order valence-electron chi connectivity index (χ4n) is 3.34. The molecule has 25 heavy (non-hydrogen) atoms. The molecule has 1 fully saturated rings. The van der Waals surface area contributed by atoms with Crippen LogP contribution in [0.3, 0.4) is 0 Å². The first-order valence-corrected chi connectivity index (χ1v) is 8.97. The predicted molar refractivity (Wildman–Crippen MR) is 97.4 cm³/mol. The van der Waals surface area contributed by atoms with Gasteiger partial charge in [-0.15, -0.1) is 0 Å². The summed E-state index contributed by atoms with van der Waals surface area (Å²) in [5.41, 5.74) is 1.17. The summed E-state index contributed by atoms with van der Waals surface area (Å²) in [5.74, 6) is 0.794. The molecular formula is C19H26N4O2. The van der Waals surface area contributed by atoms with Crippen LogP contribution in [0.2, 0.25) is 0 Å². The van der Waals surface area contributed by atoms with Gasteiger partial charge >= 0.3 is 0 Å². The van der Waals surface area contributed by atoms with E-state index in [1.807, 2.05) is 41.1 Å². The Labute approximate surface area is 148 Å². The van der Waals surface area contributed by atoms with Crippen molar-refractivity contribution in [3.05, 3.63) is 48.2 Å². The Bertz CT molecular complexity index is 663. The second-order valence-electron chi connectivity index (χ2n) is 6.49. The van der Waals surface area contributed by atoms with Gasteiger partial charge in [0.05, 0.1) is 18.8 Å². The minimum Gasteiger partial charge on any atom is -0.395 e. The highest BCUT2D eigenvalue weighted by molar-refractivity contribution is 5.89. The Hall–Kier alpha value is -2.18. The minimum absolute atomic E-state index is 0.0170. The maximum Gasteiger partial charge on any atom is 0.225 e. The van der Waals surface area contributed by atoms with Crippen LogP contribution in [0.5, 0.6) is 0 Å². The second kappa shape index (κ2) is 8.78. The van der Waals surface area contributed by atoms with Gasteiger partial charge in [-0.3, -0.25) is 4.79 Å². The number of hydrogen-bond donors (Lipinski definition) is 2. The summed E-state index contributed by atoms with van der Waals surface area (Å²) in [7, 11) is 0. The van der Waals surface area contributed by atoms with Gasteiger partial charge in [-0.05, 0) is 24.8 Å². The van der Waals surface area contributed by atoms with Crippen LogP contribution in [0.4, 0.5) is 5.82 Å². The average Bonchev–Trinajstić information content (AvgIpc) is 3.10. The summed E-state index contributed by atoms with van der Waals surface area (Å²) in [4.78, 5) is 14.5. The number of nitrogens with zero attached hydrogens (tertiary/aromatic N) is 3. The number of amides is 1. The van der Waals surface area contributed by atoms with E-state index in [9.17, 15) is 4.79 Å². The summed E-state index contributed by atoms with van der Waals surface area (Å²) < 4.78 is 1.94. The van der Waals surface area contributed by atoms with E-state index in [1.165, 1.54) is 5.56 Å². The Morgan fingerprint density at radius 1 is 1.20 bits per heavy atom. The van der Waals surface area contributed by atoms with Crippen molar-refractivity contribution in [3.63, 3.8) is 0 Å². The van der Waals surface area contributed by atoms with Crippen molar-refractivity contribution in [2.75, 3.05) is 31.6 Å².